The van der Waals surface area contributed by atoms with Crippen molar-refractivity contribution in [3.63, 3.8) is 0 Å². The smallest absolute Gasteiger partial charge is 0.191 e. The maximum absolute atomic E-state index is 5.40. The van der Waals surface area contributed by atoms with Gasteiger partial charge in [-0.15, -0.1) is 24.0 Å². The number of nitrogens with one attached hydrogen (secondary N) is 2. The van der Waals surface area contributed by atoms with Gasteiger partial charge in [-0.05, 0) is 44.2 Å². The Morgan fingerprint density at radius 3 is 2.72 bits per heavy atom. The minimum absolute atomic E-state index is 0. The quantitative estimate of drug-likeness (QED) is 0.270. The second-order valence-electron chi connectivity index (χ2n) is 7.03. The van der Waals surface area contributed by atoms with Gasteiger partial charge in [0.2, 0.25) is 0 Å². The summed E-state index contributed by atoms with van der Waals surface area (Å²) < 4.78 is 5.40. The summed E-state index contributed by atoms with van der Waals surface area (Å²) in [4.78, 5) is 7.41. The molecule has 2 fully saturated rings. The van der Waals surface area contributed by atoms with Gasteiger partial charge in [0.1, 0.15) is 5.76 Å². The molecule has 0 spiro atoms. The molecule has 2 N–H and O–H groups in total. The topological polar surface area (TPSA) is 52.8 Å². The molecule has 1 saturated carbocycles. The zero-order valence-electron chi connectivity index (χ0n) is 15.4. The summed E-state index contributed by atoms with van der Waals surface area (Å²) >= 11 is 0. The van der Waals surface area contributed by atoms with Crippen LogP contribution >= 0.6 is 24.0 Å². The van der Waals surface area contributed by atoms with Crippen LogP contribution in [0.5, 0.6) is 0 Å². The van der Waals surface area contributed by atoms with E-state index in [4.69, 9.17) is 9.41 Å². The number of likely N-dealkylation sites (tertiary alicyclic amines) is 1. The Kier molecular flexibility index (Phi) is 9.09. The van der Waals surface area contributed by atoms with Crippen LogP contribution in [0.3, 0.4) is 0 Å². The summed E-state index contributed by atoms with van der Waals surface area (Å²) in [6, 6.07) is 5.42. The molecular weight excluding hydrogens is 427 g/mol. The molecule has 142 valence electrons. The summed E-state index contributed by atoms with van der Waals surface area (Å²) in [7, 11) is 0. The average molecular weight is 460 g/mol. The highest BCUT2D eigenvalue weighted by molar-refractivity contribution is 14.0. The Balaban J connectivity index is 0.00000225. The Bertz CT molecular complexity index is 494. The predicted molar refractivity (Wildman–Crippen MR) is 114 cm³/mol. The highest BCUT2D eigenvalue weighted by atomic mass is 127. The van der Waals surface area contributed by atoms with Gasteiger partial charge in [-0.1, -0.05) is 13.3 Å². The molecule has 1 saturated heterocycles. The minimum atomic E-state index is 0. The number of unbranched alkanes of at least 4 members (excludes halogenated alkanes) is 1. The van der Waals surface area contributed by atoms with Gasteiger partial charge in [-0.3, -0.25) is 4.99 Å². The van der Waals surface area contributed by atoms with Crippen LogP contribution in [0, 0.1) is 0 Å². The Hall–Kier alpha value is -0.760. The van der Waals surface area contributed by atoms with Crippen molar-refractivity contribution in [3.05, 3.63) is 24.2 Å². The molecule has 2 heterocycles. The van der Waals surface area contributed by atoms with Gasteiger partial charge in [-0.25, -0.2) is 0 Å². The third kappa shape index (κ3) is 7.17. The molecule has 25 heavy (non-hydrogen) atoms. The van der Waals surface area contributed by atoms with E-state index in [-0.39, 0.29) is 24.0 Å². The summed E-state index contributed by atoms with van der Waals surface area (Å²) in [6.45, 7) is 6.42. The van der Waals surface area contributed by atoms with Crippen molar-refractivity contribution < 1.29 is 4.42 Å². The maximum atomic E-state index is 5.40. The van der Waals surface area contributed by atoms with E-state index in [2.05, 4.69) is 22.5 Å². The molecule has 0 aromatic carbocycles. The Morgan fingerprint density at radius 1 is 1.28 bits per heavy atom. The van der Waals surface area contributed by atoms with Crippen molar-refractivity contribution in [2.45, 2.75) is 64.0 Å². The van der Waals surface area contributed by atoms with Crippen LogP contribution in [0.1, 0.15) is 51.2 Å². The molecule has 0 atom stereocenters. The highest BCUT2D eigenvalue weighted by Gasteiger charge is 2.31. The SMILES string of the molecule is CCCCN=C(NCCc1ccco1)NC1CCN(C2CC2)CC1.I. The fourth-order valence-corrected chi connectivity index (χ4v) is 3.30. The van der Waals surface area contributed by atoms with Crippen molar-refractivity contribution in [2.24, 2.45) is 4.99 Å². The molecule has 3 rings (SSSR count). The highest BCUT2D eigenvalue weighted by Crippen LogP contribution is 2.29. The van der Waals surface area contributed by atoms with Crippen molar-refractivity contribution in [1.82, 2.24) is 15.5 Å². The van der Waals surface area contributed by atoms with Crippen LogP contribution < -0.4 is 10.6 Å². The number of nitrogens with zero attached hydrogens (tertiary/aromatic N) is 2. The average Bonchev–Trinajstić information content (AvgIpc) is 3.32. The normalized spacial score (nSPS) is 19.5. The van der Waals surface area contributed by atoms with Crippen molar-refractivity contribution in [3.8, 4) is 0 Å². The third-order valence-electron chi connectivity index (χ3n) is 4.96. The van der Waals surface area contributed by atoms with Gasteiger partial charge in [0.05, 0.1) is 6.26 Å². The lowest BCUT2D eigenvalue weighted by atomic mass is 10.1. The fraction of sp³-hybridized carbons (Fsp3) is 0.737. The molecule has 6 heteroatoms. The van der Waals surface area contributed by atoms with Gasteiger partial charge < -0.3 is 20.0 Å². The summed E-state index contributed by atoms with van der Waals surface area (Å²) in [5.41, 5.74) is 0. The van der Waals surface area contributed by atoms with Crippen LogP contribution in [0.4, 0.5) is 0 Å². The van der Waals surface area contributed by atoms with Crippen molar-refractivity contribution in [1.29, 1.82) is 0 Å². The minimum Gasteiger partial charge on any atom is -0.469 e. The first-order valence-electron chi connectivity index (χ1n) is 9.66. The Morgan fingerprint density at radius 2 is 2.08 bits per heavy atom. The number of hydrogen-bond acceptors (Lipinski definition) is 3. The first kappa shape index (κ1) is 20.6. The molecule has 0 radical (unpaired) electrons. The fourth-order valence-electron chi connectivity index (χ4n) is 3.30. The molecule has 1 aromatic heterocycles. The van der Waals surface area contributed by atoms with E-state index in [0.29, 0.717) is 6.04 Å². The van der Waals surface area contributed by atoms with Gasteiger partial charge in [0.25, 0.3) is 0 Å². The molecule has 1 aliphatic carbocycles. The second kappa shape index (κ2) is 11.1. The number of guanidine groups is 1. The number of piperidine rings is 1. The zero-order chi connectivity index (χ0) is 16.6. The van der Waals surface area contributed by atoms with E-state index in [1.54, 1.807) is 6.26 Å². The number of rotatable bonds is 8. The lowest BCUT2D eigenvalue weighted by molar-refractivity contribution is 0.197. The van der Waals surface area contributed by atoms with E-state index in [1.807, 2.05) is 12.1 Å². The number of halogens is 1. The van der Waals surface area contributed by atoms with E-state index in [9.17, 15) is 0 Å². The van der Waals surface area contributed by atoms with E-state index < -0.39 is 0 Å². The van der Waals surface area contributed by atoms with Crippen LogP contribution in [0.2, 0.25) is 0 Å². The molecule has 0 amide bonds. The van der Waals surface area contributed by atoms with Crippen LogP contribution in [0.25, 0.3) is 0 Å². The van der Waals surface area contributed by atoms with Crippen molar-refractivity contribution in [2.75, 3.05) is 26.2 Å². The number of hydrogen-bond donors (Lipinski definition) is 2. The van der Waals surface area contributed by atoms with Gasteiger partial charge in [-0.2, -0.15) is 0 Å². The molecule has 0 bridgehead atoms. The van der Waals surface area contributed by atoms with E-state index in [0.717, 1.165) is 43.7 Å². The standard InChI is InChI=1S/C19H32N4O.HI/c1-2-3-11-20-19(21-12-8-18-5-4-15-24-18)22-16-9-13-23(14-10-16)17-6-7-17;/h4-5,15-17H,2-3,6-14H2,1H3,(H2,20,21,22);1H. The van der Waals surface area contributed by atoms with E-state index >= 15 is 0 Å². The molecule has 0 unspecified atom stereocenters. The molecule has 5 nitrogen and oxygen atoms in total. The van der Waals surface area contributed by atoms with Crippen LogP contribution in [-0.4, -0.2) is 49.1 Å². The van der Waals surface area contributed by atoms with Gasteiger partial charge >= 0.3 is 0 Å². The van der Waals surface area contributed by atoms with Gasteiger partial charge in [0.15, 0.2) is 5.96 Å². The number of aliphatic imine (C=N–C) groups is 1. The lowest BCUT2D eigenvalue weighted by Gasteiger charge is -2.33. The largest absolute Gasteiger partial charge is 0.469 e. The first-order chi connectivity index (χ1) is 11.8. The molecule has 1 aromatic rings. The first-order valence-corrected chi connectivity index (χ1v) is 9.66. The molecular formula is C19H33IN4O. The predicted octanol–water partition coefficient (Wildman–Crippen LogP) is 3.40. The number of furan rings is 1. The summed E-state index contributed by atoms with van der Waals surface area (Å²) in [6.07, 6.45) is 10.2. The van der Waals surface area contributed by atoms with E-state index in [1.165, 1.54) is 45.2 Å². The van der Waals surface area contributed by atoms with Crippen molar-refractivity contribution >= 4 is 29.9 Å². The molecule has 1 aliphatic heterocycles. The summed E-state index contributed by atoms with van der Waals surface area (Å²) in [5.74, 6) is 1.99. The zero-order valence-corrected chi connectivity index (χ0v) is 17.7. The monoisotopic (exact) mass is 460 g/mol. The van der Waals surface area contributed by atoms with Gasteiger partial charge in [0, 0.05) is 44.7 Å². The van der Waals surface area contributed by atoms with Crippen LogP contribution in [0.15, 0.2) is 27.8 Å². The second-order valence-corrected chi connectivity index (χ2v) is 7.03. The summed E-state index contributed by atoms with van der Waals surface area (Å²) in [5, 5.41) is 7.13. The Labute approximate surface area is 169 Å². The third-order valence-corrected chi connectivity index (χ3v) is 4.96. The lowest BCUT2D eigenvalue weighted by Crippen LogP contribution is -2.49. The maximum Gasteiger partial charge on any atom is 0.191 e. The molecule has 2 aliphatic rings. The van der Waals surface area contributed by atoms with Crippen LogP contribution in [-0.2, 0) is 6.42 Å².